The van der Waals surface area contributed by atoms with Crippen LogP contribution < -0.4 is 9.62 Å². The lowest BCUT2D eigenvalue weighted by atomic mass is 10.1. The van der Waals surface area contributed by atoms with Crippen LogP contribution in [-0.2, 0) is 26.2 Å². The number of benzene rings is 3. The first-order valence-corrected chi connectivity index (χ1v) is 15.0. The molecule has 0 aliphatic heterocycles. The Balaban J connectivity index is 1.69. The van der Waals surface area contributed by atoms with Crippen molar-refractivity contribution in [3.63, 3.8) is 0 Å². The van der Waals surface area contributed by atoms with Gasteiger partial charge in [0.15, 0.2) is 0 Å². The second-order valence-corrected chi connectivity index (χ2v) is 12.2. The smallest absolute Gasteiger partial charge is 0.264 e. The summed E-state index contributed by atoms with van der Waals surface area (Å²) in [7, 11) is -4.11. The van der Waals surface area contributed by atoms with Crippen molar-refractivity contribution in [1.29, 1.82) is 0 Å². The fraction of sp³-hybridized carbons (Fsp3) is 0.333. The summed E-state index contributed by atoms with van der Waals surface area (Å²) in [6.07, 6.45) is 3.98. The number of aryl methyl sites for hydroxylation is 1. The maximum atomic E-state index is 14.0. The molecule has 0 aromatic heterocycles. The van der Waals surface area contributed by atoms with Crippen LogP contribution in [0.25, 0.3) is 0 Å². The molecule has 0 spiro atoms. The number of nitrogens with one attached hydrogen (secondary N) is 1. The highest BCUT2D eigenvalue weighted by molar-refractivity contribution is 7.92. The first-order valence-electron chi connectivity index (χ1n) is 13.1. The average molecular weight is 568 g/mol. The molecule has 9 heteroatoms. The van der Waals surface area contributed by atoms with E-state index in [1.807, 2.05) is 30.3 Å². The summed E-state index contributed by atoms with van der Waals surface area (Å²) in [6.45, 7) is 3.12. The van der Waals surface area contributed by atoms with Gasteiger partial charge in [-0.1, -0.05) is 73.0 Å². The number of rotatable bonds is 10. The monoisotopic (exact) mass is 567 g/mol. The van der Waals surface area contributed by atoms with E-state index in [0.29, 0.717) is 16.3 Å². The fourth-order valence-corrected chi connectivity index (χ4v) is 6.61. The Bertz CT molecular complexity index is 1390. The molecule has 1 aliphatic rings. The van der Waals surface area contributed by atoms with Crippen LogP contribution >= 0.6 is 11.6 Å². The second kappa shape index (κ2) is 12.7. The minimum Gasteiger partial charge on any atom is -0.352 e. The highest BCUT2D eigenvalue weighted by Gasteiger charge is 2.33. The second-order valence-electron chi connectivity index (χ2n) is 9.93. The van der Waals surface area contributed by atoms with Crippen molar-refractivity contribution in [2.24, 2.45) is 0 Å². The van der Waals surface area contributed by atoms with Crippen LogP contribution in [0.3, 0.4) is 0 Å². The Morgan fingerprint density at radius 3 is 2.21 bits per heavy atom. The van der Waals surface area contributed by atoms with Gasteiger partial charge in [0, 0.05) is 17.6 Å². The van der Waals surface area contributed by atoms with E-state index in [4.69, 9.17) is 11.6 Å². The molecule has 206 valence electrons. The minimum absolute atomic E-state index is 0.0637. The molecule has 1 atom stereocenters. The van der Waals surface area contributed by atoms with Gasteiger partial charge >= 0.3 is 0 Å². The molecule has 0 radical (unpaired) electrons. The van der Waals surface area contributed by atoms with Crippen LogP contribution in [0.2, 0.25) is 5.02 Å². The third-order valence-electron chi connectivity index (χ3n) is 7.10. The largest absolute Gasteiger partial charge is 0.352 e. The van der Waals surface area contributed by atoms with Gasteiger partial charge in [0.25, 0.3) is 10.0 Å². The average Bonchev–Trinajstić information content (AvgIpc) is 3.44. The predicted octanol–water partition coefficient (Wildman–Crippen LogP) is 5.32. The summed E-state index contributed by atoms with van der Waals surface area (Å²) in [5, 5.41) is 3.54. The molecule has 0 unspecified atom stereocenters. The van der Waals surface area contributed by atoms with E-state index in [9.17, 15) is 18.0 Å². The highest BCUT2D eigenvalue weighted by atomic mass is 35.5. The third-order valence-corrected chi connectivity index (χ3v) is 9.11. The molecule has 0 bridgehead atoms. The molecule has 0 saturated heterocycles. The summed E-state index contributed by atoms with van der Waals surface area (Å²) in [5.74, 6) is -0.729. The van der Waals surface area contributed by atoms with Crippen LogP contribution in [0.15, 0.2) is 83.8 Å². The summed E-state index contributed by atoms with van der Waals surface area (Å²) >= 11 is 6.16. The number of carbonyl (C=O) groups is 2. The van der Waals surface area contributed by atoms with E-state index in [0.717, 1.165) is 35.6 Å². The molecule has 3 aromatic carbocycles. The topological polar surface area (TPSA) is 86.8 Å². The van der Waals surface area contributed by atoms with Crippen LogP contribution in [0.1, 0.15) is 43.7 Å². The van der Waals surface area contributed by atoms with E-state index in [2.05, 4.69) is 5.32 Å². The molecule has 1 saturated carbocycles. The van der Waals surface area contributed by atoms with Crippen molar-refractivity contribution in [2.75, 3.05) is 10.8 Å². The Morgan fingerprint density at radius 1 is 0.974 bits per heavy atom. The summed E-state index contributed by atoms with van der Waals surface area (Å²) < 4.78 is 28.8. The summed E-state index contributed by atoms with van der Waals surface area (Å²) in [4.78, 5) is 28.8. The van der Waals surface area contributed by atoms with Gasteiger partial charge in [-0.25, -0.2) is 8.42 Å². The lowest BCUT2D eigenvalue weighted by Crippen LogP contribution is -2.52. The number of anilines is 1. The molecular formula is C30H34ClN3O4S. The molecule has 1 fully saturated rings. The minimum atomic E-state index is -4.11. The lowest BCUT2D eigenvalue weighted by Gasteiger charge is -2.33. The van der Waals surface area contributed by atoms with Crippen molar-refractivity contribution in [1.82, 2.24) is 10.2 Å². The van der Waals surface area contributed by atoms with Crippen molar-refractivity contribution < 1.29 is 18.0 Å². The van der Waals surface area contributed by atoms with Gasteiger partial charge in [-0.15, -0.1) is 0 Å². The number of carbonyl (C=O) groups excluding carboxylic acids is 2. The van der Waals surface area contributed by atoms with Gasteiger partial charge < -0.3 is 10.2 Å². The lowest BCUT2D eigenvalue weighted by molar-refractivity contribution is -0.139. The normalized spacial score (nSPS) is 14.5. The van der Waals surface area contributed by atoms with Crippen molar-refractivity contribution in [3.8, 4) is 0 Å². The molecule has 7 nitrogen and oxygen atoms in total. The van der Waals surface area contributed by atoms with Crippen molar-refractivity contribution >= 4 is 39.1 Å². The molecule has 39 heavy (non-hydrogen) atoms. The molecule has 4 rings (SSSR count). The highest BCUT2D eigenvalue weighted by Crippen LogP contribution is 2.29. The van der Waals surface area contributed by atoms with Gasteiger partial charge in [-0.2, -0.15) is 0 Å². The van der Waals surface area contributed by atoms with Crippen LogP contribution in [-0.4, -0.2) is 43.8 Å². The van der Waals surface area contributed by atoms with Crippen molar-refractivity contribution in [2.45, 2.75) is 63.1 Å². The summed E-state index contributed by atoms with van der Waals surface area (Å²) in [6, 6.07) is 21.5. The van der Waals surface area contributed by atoms with E-state index >= 15 is 0 Å². The van der Waals surface area contributed by atoms with E-state index in [1.165, 1.54) is 17.0 Å². The zero-order valence-electron chi connectivity index (χ0n) is 22.2. The maximum absolute atomic E-state index is 14.0. The van der Waals surface area contributed by atoms with Gasteiger partial charge in [0.2, 0.25) is 11.8 Å². The zero-order valence-corrected chi connectivity index (χ0v) is 23.8. The van der Waals surface area contributed by atoms with E-state index in [1.54, 1.807) is 50.2 Å². The standard InChI is InChI=1S/C30H34ClN3O4S/c1-22-19-25(31)17-18-28(22)34(39(37,38)27-15-7-4-8-16-27)21-29(35)33(20-24-11-5-3-6-12-24)23(2)30(36)32-26-13-9-10-14-26/h3-8,11-12,15-19,23,26H,9-10,13-14,20-21H2,1-2H3,(H,32,36)/t23-/m1/s1. The predicted molar refractivity (Wildman–Crippen MR) is 154 cm³/mol. The van der Waals surface area contributed by atoms with Crippen molar-refractivity contribution in [3.05, 3.63) is 95.0 Å². The molecule has 0 heterocycles. The van der Waals surface area contributed by atoms with Crippen LogP contribution in [0.4, 0.5) is 5.69 Å². The van der Waals surface area contributed by atoms with Gasteiger partial charge in [-0.3, -0.25) is 13.9 Å². The van der Waals surface area contributed by atoms with Crippen LogP contribution in [0.5, 0.6) is 0 Å². The Morgan fingerprint density at radius 2 is 1.59 bits per heavy atom. The Kier molecular flexibility index (Phi) is 9.30. The fourth-order valence-electron chi connectivity index (χ4n) is 4.89. The molecular weight excluding hydrogens is 534 g/mol. The number of halogens is 1. The first-order chi connectivity index (χ1) is 18.7. The van der Waals surface area contributed by atoms with E-state index < -0.39 is 28.5 Å². The Hall–Kier alpha value is -3.36. The van der Waals surface area contributed by atoms with Crippen LogP contribution in [0, 0.1) is 6.92 Å². The number of hydrogen-bond acceptors (Lipinski definition) is 4. The SMILES string of the molecule is Cc1cc(Cl)ccc1N(CC(=O)N(Cc1ccccc1)[C@H](C)C(=O)NC1CCCC1)S(=O)(=O)c1ccccc1. The summed E-state index contributed by atoms with van der Waals surface area (Å²) in [5.41, 5.74) is 1.79. The first kappa shape index (κ1) is 28.6. The Labute approximate surface area is 235 Å². The van der Waals surface area contributed by atoms with Gasteiger partial charge in [0.05, 0.1) is 10.6 Å². The van der Waals surface area contributed by atoms with Gasteiger partial charge in [-0.05, 0) is 68.1 Å². The number of sulfonamides is 1. The quantitative estimate of drug-likeness (QED) is 0.359. The van der Waals surface area contributed by atoms with E-state index in [-0.39, 0.29) is 23.4 Å². The number of hydrogen-bond donors (Lipinski definition) is 1. The van der Waals surface area contributed by atoms with Gasteiger partial charge in [0.1, 0.15) is 12.6 Å². The third kappa shape index (κ3) is 6.99. The molecule has 1 N–H and O–H groups in total. The number of nitrogens with zero attached hydrogens (tertiary/aromatic N) is 2. The maximum Gasteiger partial charge on any atom is 0.264 e. The molecule has 3 aromatic rings. The molecule has 2 amide bonds. The number of amides is 2. The zero-order chi connectivity index (χ0) is 28.0. The molecule has 1 aliphatic carbocycles.